The van der Waals surface area contributed by atoms with Crippen molar-refractivity contribution in [3.05, 3.63) is 266 Å². The molecule has 0 bridgehead atoms. The lowest BCUT2D eigenvalue weighted by atomic mass is 9.71. The van der Waals surface area contributed by atoms with Gasteiger partial charge in [0.05, 0.1) is 32.7 Å². The van der Waals surface area contributed by atoms with Crippen molar-refractivity contribution >= 4 is 83.5 Å². The fraction of sp³-hybridized carbons (Fsp3) is 0.0492. The highest BCUT2D eigenvalue weighted by molar-refractivity contribution is 6.25. The standard InChI is InChI=1S/C61H41N3O8/c1-38-10-24-49(25-11-38)62(56-33-17-42-14-13-40-8-5-9-41-16-32-55(56)58(42)57(40)41)50-26-18-46(19-27-50)61(2,47-20-28-53(29-21-47)71-59(65)44-15-12-39-6-3-4-7-43(39)34-44)48-22-30-54(31-23-48)72-60(66)45-35-51(63(67)68)37-52(36-45)64(69)70/h3-37H,1-2H3. The van der Waals surface area contributed by atoms with E-state index < -0.39 is 38.6 Å². The van der Waals surface area contributed by atoms with Gasteiger partial charge in [0, 0.05) is 34.3 Å². The van der Waals surface area contributed by atoms with Gasteiger partial charge in [0.1, 0.15) is 11.5 Å². The van der Waals surface area contributed by atoms with Gasteiger partial charge in [0.2, 0.25) is 0 Å². The second-order valence-electron chi connectivity index (χ2n) is 17.9. The molecule has 0 aliphatic carbocycles. The lowest BCUT2D eigenvalue weighted by Gasteiger charge is -2.33. The van der Waals surface area contributed by atoms with Crippen LogP contribution in [0.3, 0.4) is 0 Å². The summed E-state index contributed by atoms with van der Waals surface area (Å²) >= 11 is 0. The Labute approximate surface area is 412 Å². The predicted molar refractivity (Wildman–Crippen MR) is 282 cm³/mol. The van der Waals surface area contributed by atoms with Crippen molar-refractivity contribution in [2.24, 2.45) is 0 Å². The Morgan fingerprint density at radius 2 is 0.917 bits per heavy atom. The van der Waals surface area contributed by atoms with Crippen LogP contribution < -0.4 is 14.4 Å². The maximum Gasteiger partial charge on any atom is 0.344 e. The summed E-state index contributed by atoms with van der Waals surface area (Å²) in [7, 11) is 0. The number of nitrogens with zero attached hydrogens (tertiary/aromatic N) is 3. The summed E-state index contributed by atoms with van der Waals surface area (Å²) in [6.45, 7) is 4.16. The average Bonchev–Trinajstić information content (AvgIpc) is 3.41. The van der Waals surface area contributed by atoms with E-state index >= 15 is 0 Å². The van der Waals surface area contributed by atoms with Crippen molar-refractivity contribution < 1.29 is 28.9 Å². The number of hydrogen-bond donors (Lipinski definition) is 0. The molecule has 0 amide bonds. The first-order valence-corrected chi connectivity index (χ1v) is 23.1. The van der Waals surface area contributed by atoms with E-state index in [9.17, 15) is 29.8 Å². The number of carbonyl (C=O) groups is 2. The second kappa shape index (κ2) is 18.0. The van der Waals surface area contributed by atoms with Gasteiger partial charge in [-0.15, -0.1) is 0 Å². The lowest BCUT2D eigenvalue weighted by molar-refractivity contribution is -0.394. The summed E-state index contributed by atoms with van der Waals surface area (Å²) in [5.74, 6) is -1.00. The number of esters is 2. The summed E-state index contributed by atoms with van der Waals surface area (Å²) in [6.07, 6.45) is 0. The predicted octanol–water partition coefficient (Wildman–Crippen LogP) is 15.1. The van der Waals surface area contributed by atoms with Gasteiger partial charge in [0.15, 0.2) is 0 Å². The fourth-order valence-electron chi connectivity index (χ4n) is 9.76. The van der Waals surface area contributed by atoms with E-state index in [1.807, 2.05) is 60.7 Å². The van der Waals surface area contributed by atoms with E-state index in [1.54, 1.807) is 30.3 Å². The molecule has 0 aromatic heterocycles. The van der Waals surface area contributed by atoms with Crippen molar-refractivity contribution in [2.75, 3.05) is 4.90 Å². The maximum absolute atomic E-state index is 13.4. The largest absolute Gasteiger partial charge is 0.423 e. The van der Waals surface area contributed by atoms with Crippen LogP contribution in [0.5, 0.6) is 11.5 Å². The molecule has 348 valence electrons. The summed E-state index contributed by atoms with van der Waals surface area (Å²) in [5.41, 5.74) is 4.68. The molecule has 11 aromatic rings. The van der Waals surface area contributed by atoms with E-state index in [-0.39, 0.29) is 11.3 Å². The average molecular weight is 944 g/mol. The normalized spacial score (nSPS) is 12.2. The first-order valence-electron chi connectivity index (χ1n) is 23.1. The molecule has 0 heterocycles. The molecule has 1 unspecified atom stereocenters. The molecule has 0 aliphatic heterocycles. The minimum Gasteiger partial charge on any atom is -0.423 e. The van der Waals surface area contributed by atoms with Gasteiger partial charge in [-0.05, 0) is 135 Å². The van der Waals surface area contributed by atoms with Gasteiger partial charge < -0.3 is 14.4 Å². The van der Waals surface area contributed by atoms with Crippen LogP contribution >= 0.6 is 0 Å². The van der Waals surface area contributed by atoms with Gasteiger partial charge in [0.25, 0.3) is 11.4 Å². The first kappa shape index (κ1) is 44.7. The van der Waals surface area contributed by atoms with Crippen LogP contribution in [0.15, 0.2) is 212 Å². The third-order valence-corrected chi connectivity index (χ3v) is 13.6. The van der Waals surface area contributed by atoms with Gasteiger partial charge in [-0.1, -0.05) is 133 Å². The Hall–Kier alpha value is -9.74. The van der Waals surface area contributed by atoms with Crippen molar-refractivity contribution in [1.82, 2.24) is 0 Å². The molecule has 11 rings (SSSR count). The molecular formula is C61H41N3O8. The highest BCUT2D eigenvalue weighted by Gasteiger charge is 2.32. The Kier molecular flexibility index (Phi) is 11.2. The van der Waals surface area contributed by atoms with Crippen LogP contribution in [-0.2, 0) is 5.41 Å². The smallest absolute Gasteiger partial charge is 0.344 e. The molecule has 11 heteroatoms. The first-order chi connectivity index (χ1) is 34.9. The Morgan fingerprint density at radius 3 is 1.49 bits per heavy atom. The Morgan fingerprint density at radius 1 is 0.458 bits per heavy atom. The van der Waals surface area contributed by atoms with E-state index in [0.717, 1.165) is 79.1 Å². The number of anilines is 3. The zero-order chi connectivity index (χ0) is 49.7. The number of non-ortho nitro benzene ring substituents is 2. The van der Waals surface area contributed by atoms with Crippen LogP contribution in [-0.4, -0.2) is 21.8 Å². The minimum absolute atomic E-state index is 0.119. The number of nitro benzene ring substituents is 2. The number of hydrogen-bond acceptors (Lipinski definition) is 9. The molecule has 0 spiro atoms. The molecule has 0 saturated carbocycles. The van der Waals surface area contributed by atoms with E-state index in [1.165, 1.54) is 21.5 Å². The molecule has 11 nitrogen and oxygen atoms in total. The van der Waals surface area contributed by atoms with Gasteiger partial charge >= 0.3 is 11.9 Å². The molecule has 0 fully saturated rings. The molecule has 0 saturated heterocycles. The molecule has 0 radical (unpaired) electrons. The zero-order valence-corrected chi connectivity index (χ0v) is 38.8. The maximum atomic E-state index is 13.4. The second-order valence-corrected chi connectivity index (χ2v) is 17.9. The Bertz CT molecular complexity index is 3880. The van der Waals surface area contributed by atoms with Crippen molar-refractivity contribution in [1.29, 1.82) is 0 Å². The summed E-state index contributed by atoms with van der Waals surface area (Å²) in [6, 6.07) is 66.6. The molecule has 1 atom stereocenters. The molecule has 0 N–H and O–H groups in total. The van der Waals surface area contributed by atoms with Crippen molar-refractivity contribution in [2.45, 2.75) is 19.3 Å². The number of carbonyl (C=O) groups excluding carboxylic acids is 2. The monoisotopic (exact) mass is 943 g/mol. The van der Waals surface area contributed by atoms with Crippen LogP contribution in [0.25, 0.3) is 43.1 Å². The SMILES string of the molecule is Cc1ccc(N(c2ccc(C(C)(c3ccc(OC(=O)c4cc([N+](=O)[O-])cc([N+](=O)[O-])c4)cc3)c3ccc(OC(=O)c4ccc5ccccc5c4)cc3)cc2)c2ccc3ccc4cccc5ccc2c3c45)cc1. The highest BCUT2D eigenvalue weighted by Crippen LogP contribution is 2.46. The highest BCUT2D eigenvalue weighted by atomic mass is 16.6. The van der Waals surface area contributed by atoms with Crippen LogP contribution in [0.1, 0.15) is 49.9 Å². The van der Waals surface area contributed by atoms with Crippen LogP contribution in [0, 0.1) is 27.2 Å². The van der Waals surface area contributed by atoms with Crippen molar-refractivity contribution in [3.8, 4) is 11.5 Å². The Balaban J connectivity index is 0.974. The fourth-order valence-corrected chi connectivity index (χ4v) is 9.76. The zero-order valence-electron chi connectivity index (χ0n) is 38.8. The molecule has 0 aliphatic rings. The van der Waals surface area contributed by atoms with Crippen LogP contribution in [0.2, 0.25) is 0 Å². The third-order valence-electron chi connectivity index (χ3n) is 13.6. The van der Waals surface area contributed by atoms with Gasteiger partial charge in [-0.3, -0.25) is 20.2 Å². The van der Waals surface area contributed by atoms with E-state index in [4.69, 9.17) is 9.47 Å². The van der Waals surface area contributed by atoms with Gasteiger partial charge in [-0.25, -0.2) is 9.59 Å². The molecule has 11 aromatic carbocycles. The quantitative estimate of drug-likeness (QED) is 0.0292. The van der Waals surface area contributed by atoms with Crippen LogP contribution in [0.4, 0.5) is 28.4 Å². The number of fused-ring (bicyclic) bond motifs is 1. The summed E-state index contributed by atoms with van der Waals surface area (Å²) in [4.78, 5) is 50.5. The number of nitro groups is 2. The number of aryl methyl sites for hydroxylation is 1. The molecule has 72 heavy (non-hydrogen) atoms. The topological polar surface area (TPSA) is 142 Å². The number of rotatable bonds is 12. The summed E-state index contributed by atoms with van der Waals surface area (Å²) < 4.78 is 11.5. The van der Waals surface area contributed by atoms with E-state index in [2.05, 4.69) is 122 Å². The summed E-state index contributed by atoms with van der Waals surface area (Å²) in [5, 5.41) is 32.1. The minimum atomic E-state index is -0.996. The lowest BCUT2D eigenvalue weighted by Crippen LogP contribution is -2.25. The van der Waals surface area contributed by atoms with Crippen molar-refractivity contribution in [3.63, 3.8) is 0 Å². The van der Waals surface area contributed by atoms with E-state index in [0.29, 0.717) is 11.3 Å². The number of ether oxygens (including phenoxy) is 2. The van der Waals surface area contributed by atoms with Gasteiger partial charge in [-0.2, -0.15) is 0 Å². The third kappa shape index (κ3) is 8.14. The number of benzene rings is 11. The molecular weight excluding hydrogens is 903 g/mol.